The Balaban J connectivity index is 0.00000259. The molecule has 0 radical (unpaired) electrons. The second-order valence-electron chi connectivity index (χ2n) is 7.22. The predicted molar refractivity (Wildman–Crippen MR) is 131 cm³/mol. The summed E-state index contributed by atoms with van der Waals surface area (Å²) in [4.78, 5) is 17.7. The Bertz CT molecular complexity index is 1340. The van der Waals surface area contributed by atoms with E-state index in [1.165, 1.54) is 11.8 Å². The fourth-order valence-electron chi connectivity index (χ4n) is 3.46. The average Bonchev–Trinajstić information content (AvgIpc) is 3.18. The molecule has 1 fully saturated rings. The van der Waals surface area contributed by atoms with Gasteiger partial charge in [0.15, 0.2) is 5.17 Å². The molecule has 0 aromatic heterocycles. The number of benzene rings is 4. The number of amides is 1. The van der Waals surface area contributed by atoms with E-state index in [4.69, 9.17) is 4.74 Å². The fraction of sp³-hybridized carbons (Fsp3) is 0.0370. The van der Waals surface area contributed by atoms with E-state index < -0.39 is 0 Å². The van der Waals surface area contributed by atoms with E-state index in [0.717, 1.165) is 33.3 Å². The normalized spacial score (nSPS) is 15.5. The maximum absolute atomic E-state index is 12.6. The van der Waals surface area contributed by atoms with Crippen LogP contribution in [-0.4, -0.2) is 11.1 Å². The molecule has 6 heteroatoms. The van der Waals surface area contributed by atoms with Crippen molar-refractivity contribution >= 4 is 45.4 Å². The fourth-order valence-corrected chi connectivity index (χ4v) is 4.29. The van der Waals surface area contributed by atoms with Crippen molar-refractivity contribution in [1.29, 1.82) is 0 Å². The van der Waals surface area contributed by atoms with E-state index in [1.807, 2.05) is 78.9 Å². The molecule has 1 saturated heterocycles. The molecule has 4 aromatic rings. The van der Waals surface area contributed by atoms with Gasteiger partial charge in [0, 0.05) is 10.9 Å². The van der Waals surface area contributed by atoms with Crippen LogP contribution >= 0.6 is 11.8 Å². The van der Waals surface area contributed by atoms with Crippen molar-refractivity contribution in [3.63, 3.8) is 0 Å². The summed E-state index contributed by atoms with van der Waals surface area (Å²) in [7, 11) is 0. The van der Waals surface area contributed by atoms with Gasteiger partial charge in [-0.25, -0.2) is 0 Å². The van der Waals surface area contributed by atoms with Crippen LogP contribution in [0.2, 0.25) is 0 Å². The van der Waals surface area contributed by atoms with E-state index in [2.05, 4.69) is 22.4 Å². The SMILES string of the molecule is O=C1NC(=Nc2cc[c-]cc2)SC1=Cc1ccc2ccccc2c1OCc1ccccc1.[Na+]. The Morgan fingerprint density at radius 3 is 2.52 bits per heavy atom. The van der Waals surface area contributed by atoms with Crippen molar-refractivity contribution < 1.29 is 39.1 Å². The molecule has 156 valence electrons. The molecule has 1 N–H and O–H groups in total. The molecular weight excluding hydrogens is 439 g/mol. The van der Waals surface area contributed by atoms with Crippen LogP contribution in [0.15, 0.2) is 101 Å². The third-order valence-corrected chi connectivity index (χ3v) is 5.91. The average molecular weight is 459 g/mol. The Kier molecular flexibility index (Phi) is 7.68. The van der Waals surface area contributed by atoms with Gasteiger partial charge in [0.05, 0.1) is 4.91 Å². The molecule has 0 spiro atoms. The number of rotatable bonds is 5. The van der Waals surface area contributed by atoms with Crippen molar-refractivity contribution in [3.05, 3.63) is 113 Å². The Hall–Kier alpha value is -2.83. The number of carbonyl (C=O) groups excluding carboxylic acids is 1. The number of amidine groups is 1. The zero-order chi connectivity index (χ0) is 21.8. The first-order valence-corrected chi connectivity index (χ1v) is 11.0. The summed E-state index contributed by atoms with van der Waals surface area (Å²) in [6.45, 7) is 0.447. The van der Waals surface area contributed by atoms with Gasteiger partial charge >= 0.3 is 29.6 Å². The van der Waals surface area contributed by atoms with Crippen molar-refractivity contribution in [1.82, 2.24) is 5.32 Å². The number of carbonyl (C=O) groups is 1. The van der Waals surface area contributed by atoms with Gasteiger partial charge in [-0.05, 0) is 34.5 Å². The molecule has 0 saturated carbocycles. The predicted octanol–water partition coefficient (Wildman–Crippen LogP) is 3.11. The van der Waals surface area contributed by atoms with Gasteiger partial charge < -0.3 is 10.1 Å². The van der Waals surface area contributed by atoms with Gasteiger partial charge in [0.2, 0.25) is 0 Å². The van der Waals surface area contributed by atoms with E-state index in [0.29, 0.717) is 16.7 Å². The van der Waals surface area contributed by atoms with Gasteiger partial charge in [-0.3, -0.25) is 9.79 Å². The Labute approximate surface area is 219 Å². The van der Waals surface area contributed by atoms with E-state index in [1.54, 1.807) is 12.1 Å². The van der Waals surface area contributed by atoms with E-state index in [9.17, 15) is 4.79 Å². The molecule has 33 heavy (non-hydrogen) atoms. The van der Waals surface area contributed by atoms with Crippen LogP contribution in [0.3, 0.4) is 0 Å². The van der Waals surface area contributed by atoms with Crippen molar-refractivity contribution in [3.8, 4) is 5.75 Å². The number of hydrogen-bond donors (Lipinski definition) is 1. The minimum atomic E-state index is -0.168. The summed E-state index contributed by atoms with van der Waals surface area (Å²) < 4.78 is 6.29. The molecule has 4 nitrogen and oxygen atoms in total. The van der Waals surface area contributed by atoms with Crippen LogP contribution in [0, 0.1) is 6.07 Å². The zero-order valence-electron chi connectivity index (χ0n) is 18.1. The summed E-state index contributed by atoms with van der Waals surface area (Å²) in [5.41, 5.74) is 2.71. The van der Waals surface area contributed by atoms with Crippen LogP contribution in [0.4, 0.5) is 5.69 Å². The van der Waals surface area contributed by atoms with Crippen molar-refractivity contribution in [2.24, 2.45) is 4.99 Å². The molecule has 1 heterocycles. The third kappa shape index (κ3) is 5.57. The summed E-state index contributed by atoms with van der Waals surface area (Å²) in [6, 6.07) is 32.4. The van der Waals surface area contributed by atoms with Crippen LogP contribution in [0.25, 0.3) is 16.8 Å². The van der Waals surface area contributed by atoms with Crippen LogP contribution in [-0.2, 0) is 11.4 Å². The molecule has 5 rings (SSSR count). The summed E-state index contributed by atoms with van der Waals surface area (Å²) in [5.74, 6) is 0.593. The third-order valence-electron chi connectivity index (χ3n) is 5.00. The number of aliphatic imine (C=N–C) groups is 1. The number of hydrogen-bond acceptors (Lipinski definition) is 4. The second-order valence-corrected chi connectivity index (χ2v) is 8.25. The maximum atomic E-state index is 12.6. The molecule has 0 unspecified atom stereocenters. The molecule has 0 aliphatic carbocycles. The maximum Gasteiger partial charge on any atom is 1.00 e. The molecule has 0 atom stereocenters. The molecule has 0 bridgehead atoms. The molecule has 1 aliphatic rings. The molecular formula is C27H19N2NaO2S. The summed E-state index contributed by atoms with van der Waals surface area (Å²) in [6.07, 6.45) is 1.87. The monoisotopic (exact) mass is 458 g/mol. The minimum Gasteiger partial charge on any atom is -0.488 e. The molecule has 4 aromatic carbocycles. The summed E-state index contributed by atoms with van der Waals surface area (Å²) >= 11 is 1.32. The molecule has 1 amide bonds. The van der Waals surface area contributed by atoms with Crippen LogP contribution in [0.1, 0.15) is 11.1 Å². The number of nitrogens with one attached hydrogen (secondary N) is 1. The molecule has 1 aliphatic heterocycles. The van der Waals surface area contributed by atoms with Crippen LogP contribution in [0.5, 0.6) is 5.75 Å². The topological polar surface area (TPSA) is 50.7 Å². The smallest absolute Gasteiger partial charge is 0.488 e. The second kappa shape index (κ2) is 10.9. The Morgan fingerprint density at radius 1 is 0.939 bits per heavy atom. The number of fused-ring (bicyclic) bond motifs is 1. The zero-order valence-corrected chi connectivity index (χ0v) is 20.9. The number of ether oxygens (including phenoxy) is 1. The minimum absolute atomic E-state index is 0. The number of thioether (sulfide) groups is 1. The van der Waals surface area contributed by atoms with Crippen LogP contribution < -0.4 is 39.6 Å². The summed E-state index contributed by atoms with van der Waals surface area (Å²) in [5, 5.41) is 5.49. The first-order valence-electron chi connectivity index (χ1n) is 10.2. The number of nitrogens with zero attached hydrogens (tertiary/aromatic N) is 1. The Morgan fingerprint density at radius 2 is 1.70 bits per heavy atom. The van der Waals surface area contributed by atoms with E-state index in [-0.39, 0.29) is 35.5 Å². The quantitative estimate of drug-likeness (QED) is 0.284. The van der Waals surface area contributed by atoms with Crippen molar-refractivity contribution in [2.75, 3.05) is 0 Å². The van der Waals surface area contributed by atoms with Gasteiger partial charge in [-0.15, -0.1) is 12.1 Å². The standard InChI is InChI=1S/C27H19N2O2S.Na/c30-26-24(32-27(29-26)28-22-12-5-2-6-13-22)17-21-16-15-20-11-7-8-14-23(20)25(21)31-18-19-9-3-1-4-10-19;/h1,3-17H,18H2,(H,28,29,30);/q-1;+1. The van der Waals surface area contributed by atoms with Crippen molar-refractivity contribution in [2.45, 2.75) is 6.61 Å². The first-order chi connectivity index (χ1) is 15.8. The van der Waals surface area contributed by atoms with Gasteiger partial charge in [-0.2, -0.15) is 18.2 Å². The largest absolute Gasteiger partial charge is 1.00 e. The first kappa shape index (κ1) is 23.3. The van der Waals surface area contributed by atoms with E-state index >= 15 is 0 Å². The van der Waals surface area contributed by atoms with Gasteiger partial charge in [-0.1, -0.05) is 66.7 Å². The van der Waals surface area contributed by atoms with Gasteiger partial charge in [0.25, 0.3) is 5.91 Å². The van der Waals surface area contributed by atoms with Gasteiger partial charge in [0.1, 0.15) is 12.4 Å².